The molecule has 2 N–H and O–H groups in total. The van der Waals surface area contributed by atoms with E-state index in [4.69, 9.17) is 0 Å². The summed E-state index contributed by atoms with van der Waals surface area (Å²) >= 11 is 0. The van der Waals surface area contributed by atoms with Gasteiger partial charge in [0.15, 0.2) is 0 Å². The second kappa shape index (κ2) is 3.91. The van der Waals surface area contributed by atoms with Crippen molar-refractivity contribution in [2.45, 2.75) is 13.5 Å². The van der Waals surface area contributed by atoms with Crippen LogP contribution >= 0.6 is 0 Å². The van der Waals surface area contributed by atoms with Crippen molar-refractivity contribution in [3.63, 3.8) is 0 Å². The van der Waals surface area contributed by atoms with E-state index in [1.165, 1.54) is 0 Å². The Morgan fingerprint density at radius 1 is 1.43 bits per heavy atom. The number of imidazole rings is 1. The van der Waals surface area contributed by atoms with Gasteiger partial charge in [-0.05, 0) is 19.1 Å². The van der Waals surface area contributed by atoms with Crippen LogP contribution in [0.3, 0.4) is 0 Å². The molecule has 72 valence electrons. The number of hydrogen-bond donors (Lipinski definition) is 2. The Morgan fingerprint density at radius 3 is 3.00 bits per heavy atom. The van der Waals surface area contributed by atoms with Crippen molar-refractivity contribution in [1.82, 2.24) is 15.0 Å². The molecule has 0 aliphatic carbocycles. The molecule has 4 nitrogen and oxygen atoms in total. The summed E-state index contributed by atoms with van der Waals surface area (Å²) in [6.45, 7) is 2.68. The number of aromatic nitrogens is 3. The first-order valence-electron chi connectivity index (χ1n) is 4.49. The van der Waals surface area contributed by atoms with Crippen molar-refractivity contribution < 1.29 is 0 Å². The lowest BCUT2D eigenvalue weighted by atomic mass is 10.4. The summed E-state index contributed by atoms with van der Waals surface area (Å²) in [7, 11) is 0. The van der Waals surface area contributed by atoms with Gasteiger partial charge in [-0.1, -0.05) is 0 Å². The highest BCUT2D eigenvalue weighted by Gasteiger charge is 1.96. The van der Waals surface area contributed by atoms with E-state index in [1.54, 1.807) is 12.4 Å². The van der Waals surface area contributed by atoms with E-state index in [0.29, 0.717) is 6.54 Å². The van der Waals surface area contributed by atoms with Crippen LogP contribution in [0, 0.1) is 6.92 Å². The number of hydrogen-bond acceptors (Lipinski definition) is 3. The molecule has 2 aromatic rings. The molecule has 0 saturated carbocycles. The molecule has 4 heteroatoms. The maximum absolute atomic E-state index is 4.19. The van der Waals surface area contributed by atoms with Crippen molar-refractivity contribution in [2.75, 3.05) is 5.32 Å². The Kier molecular flexibility index (Phi) is 2.44. The summed E-state index contributed by atoms with van der Waals surface area (Å²) in [5.41, 5.74) is 2.08. The van der Waals surface area contributed by atoms with Crippen LogP contribution in [0.25, 0.3) is 0 Å². The molecule has 0 radical (unpaired) electrons. The van der Waals surface area contributed by atoms with Crippen molar-refractivity contribution in [2.24, 2.45) is 0 Å². The van der Waals surface area contributed by atoms with Crippen molar-refractivity contribution in [3.8, 4) is 0 Å². The summed E-state index contributed by atoms with van der Waals surface area (Å²) in [6.07, 6.45) is 5.36. The van der Waals surface area contributed by atoms with Crippen LogP contribution in [0.2, 0.25) is 0 Å². The lowest BCUT2D eigenvalue weighted by Gasteiger charge is -2.02. The molecule has 14 heavy (non-hydrogen) atoms. The molecule has 2 heterocycles. The monoisotopic (exact) mass is 188 g/mol. The van der Waals surface area contributed by atoms with Gasteiger partial charge in [0, 0.05) is 24.3 Å². The third-order valence-electron chi connectivity index (χ3n) is 1.88. The van der Waals surface area contributed by atoms with E-state index < -0.39 is 0 Å². The highest BCUT2D eigenvalue weighted by Crippen LogP contribution is 2.04. The minimum Gasteiger partial charge on any atom is -0.377 e. The first-order chi connectivity index (χ1) is 6.84. The smallest absolute Gasteiger partial charge is 0.125 e. The predicted octanol–water partition coefficient (Wildman–Crippen LogP) is 1.73. The molecule has 0 spiro atoms. The highest BCUT2D eigenvalue weighted by atomic mass is 15.0. The van der Waals surface area contributed by atoms with E-state index >= 15 is 0 Å². The lowest BCUT2D eigenvalue weighted by molar-refractivity contribution is 0.990. The fraction of sp³-hybridized carbons (Fsp3) is 0.200. The van der Waals surface area contributed by atoms with E-state index in [9.17, 15) is 0 Å². The van der Waals surface area contributed by atoms with Crippen molar-refractivity contribution in [3.05, 3.63) is 42.2 Å². The highest BCUT2D eigenvalue weighted by molar-refractivity contribution is 5.39. The maximum Gasteiger partial charge on any atom is 0.125 e. The summed E-state index contributed by atoms with van der Waals surface area (Å²) in [6, 6.07) is 3.87. The molecule has 2 rings (SSSR count). The van der Waals surface area contributed by atoms with E-state index in [1.807, 2.05) is 25.3 Å². The molecule has 2 aromatic heterocycles. The van der Waals surface area contributed by atoms with Gasteiger partial charge in [0.2, 0.25) is 0 Å². The Hall–Kier alpha value is -1.84. The zero-order valence-corrected chi connectivity index (χ0v) is 7.99. The fourth-order valence-electron chi connectivity index (χ4n) is 1.21. The van der Waals surface area contributed by atoms with Crippen LogP contribution in [0.5, 0.6) is 0 Å². The molecule has 0 fully saturated rings. The summed E-state index contributed by atoms with van der Waals surface area (Å²) in [4.78, 5) is 11.4. The zero-order chi connectivity index (χ0) is 9.80. The van der Waals surface area contributed by atoms with Gasteiger partial charge in [0.25, 0.3) is 0 Å². The molecule has 0 atom stereocenters. The van der Waals surface area contributed by atoms with Crippen LogP contribution in [0.1, 0.15) is 11.5 Å². The van der Waals surface area contributed by atoms with E-state index in [-0.39, 0.29) is 0 Å². The standard InChI is InChI=1S/C10H12N4/c1-8-5-13-10(14-8)7-12-9-3-2-4-11-6-9/h2-6,12H,7H2,1H3,(H,13,14). The third-order valence-corrected chi connectivity index (χ3v) is 1.88. The second-order valence-corrected chi connectivity index (χ2v) is 3.11. The molecule has 0 unspecified atom stereocenters. The minimum atomic E-state index is 0.694. The quantitative estimate of drug-likeness (QED) is 0.771. The number of H-pyrrole nitrogens is 1. The Labute approximate surface area is 82.4 Å². The predicted molar refractivity (Wildman–Crippen MR) is 54.9 cm³/mol. The molecule has 0 aliphatic rings. The largest absolute Gasteiger partial charge is 0.377 e. The normalized spacial score (nSPS) is 10.1. The van der Waals surface area contributed by atoms with Crippen LogP contribution in [-0.4, -0.2) is 15.0 Å². The van der Waals surface area contributed by atoms with Gasteiger partial charge >= 0.3 is 0 Å². The van der Waals surface area contributed by atoms with Crippen LogP contribution < -0.4 is 5.32 Å². The topological polar surface area (TPSA) is 53.6 Å². The summed E-state index contributed by atoms with van der Waals surface area (Å²) in [5, 5.41) is 3.22. The number of aryl methyl sites for hydroxylation is 1. The van der Waals surface area contributed by atoms with Gasteiger partial charge in [-0.3, -0.25) is 4.98 Å². The summed E-state index contributed by atoms with van der Waals surface area (Å²) < 4.78 is 0. The Morgan fingerprint density at radius 2 is 2.36 bits per heavy atom. The van der Waals surface area contributed by atoms with Gasteiger partial charge in [-0.2, -0.15) is 0 Å². The molecule has 0 saturated heterocycles. The van der Waals surface area contributed by atoms with Crippen LogP contribution in [0.4, 0.5) is 5.69 Å². The molecular formula is C10H12N4. The molecular weight excluding hydrogens is 176 g/mol. The van der Waals surface area contributed by atoms with Crippen molar-refractivity contribution >= 4 is 5.69 Å². The number of nitrogens with one attached hydrogen (secondary N) is 2. The average Bonchev–Trinajstić information content (AvgIpc) is 2.63. The molecule has 0 aromatic carbocycles. The van der Waals surface area contributed by atoms with Crippen molar-refractivity contribution in [1.29, 1.82) is 0 Å². The molecule has 0 amide bonds. The fourth-order valence-corrected chi connectivity index (χ4v) is 1.21. The maximum atomic E-state index is 4.19. The number of nitrogens with zero attached hydrogens (tertiary/aromatic N) is 2. The molecule has 0 bridgehead atoms. The SMILES string of the molecule is Cc1cnc(CNc2cccnc2)[nH]1. The number of rotatable bonds is 3. The number of aromatic amines is 1. The van der Waals surface area contributed by atoms with E-state index in [2.05, 4.69) is 20.3 Å². The Bertz CT molecular complexity index is 394. The van der Waals surface area contributed by atoms with Gasteiger partial charge in [0.1, 0.15) is 5.82 Å². The number of pyridine rings is 1. The first-order valence-corrected chi connectivity index (χ1v) is 4.49. The lowest BCUT2D eigenvalue weighted by Crippen LogP contribution is -2.01. The van der Waals surface area contributed by atoms with Gasteiger partial charge in [-0.25, -0.2) is 4.98 Å². The third kappa shape index (κ3) is 2.10. The average molecular weight is 188 g/mol. The van der Waals surface area contributed by atoms with Gasteiger partial charge < -0.3 is 10.3 Å². The molecule has 0 aliphatic heterocycles. The van der Waals surface area contributed by atoms with Crippen LogP contribution in [0.15, 0.2) is 30.7 Å². The van der Waals surface area contributed by atoms with E-state index in [0.717, 1.165) is 17.2 Å². The summed E-state index contributed by atoms with van der Waals surface area (Å²) in [5.74, 6) is 0.936. The number of anilines is 1. The second-order valence-electron chi connectivity index (χ2n) is 3.11. The van der Waals surface area contributed by atoms with Crippen LogP contribution in [-0.2, 0) is 6.54 Å². The minimum absolute atomic E-state index is 0.694. The Balaban J connectivity index is 1.95. The van der Waals surface area contributed by atoms with Gasteiger partial charge in [-0.15, -0.1) is 0 Å². The zero-order valence-electron chi connectivity index (χ0n) is 7.99. The first kappa shape index (κ1) is 8.74. The van der Waals surface area contributed by atoms with Gasteiger partial charge in [0.05, 0.1) is 12.2 Å².